The topological polar surface area (TPSA) is 75.7 Å². The van der Waals surface area contributed by atoms with Crippen molar-refractivity contribution in [3.8, 4) is 5.75 Å². The van der Waals surface area contributed by atoms with Crippen LogP contribution < -0.4 is 10.1 Å². The number of hydrogen-bond acceptors (Lipinski definition) is 4. The van der Waals surface area contributed by atoms with Crippen LogP contribution >= 0.6 is 11.6 Å². The van der Waals surface area contributed by atoms with E-state index in [0.29, 0.717) is 13.1 Å². The van der Waals surface area contributed by atoms with Gasteiger partial charge in [0.1, 0.15) is 10.6 Å². The van der Waals surface area contributed by atoms with Crippen LogP contribution in [0.5, 0.6) is 5.75 Å². The van der Waals surface area contributed by atoms with Gasteiger partial charge in [0.2, 0.25) is 10.0 Å². The maximum absolute atomic E-state index is 13.0. The first kappa shape index (κ1) is 21.6. The lowest BCUT2D eigenvalue weighted by Crippen LogP contribution is -2.36. The van der Waals surface area contributed by atoms with Crippen LogP contribution in [0.1, 0.15) is 48.1 Å². The number of methoxy groups -OCH3 is 1. The molecular formula is C21H25ClN2O4S. The van der Waals surface area contributed by atoms with Gasteiger partial charge in [-0.3, -0.25) is 4.79 Å². The monoisotopic (exact) mass is 436 g/mol. The molecule has 156 valence electrons. The number of amides is 1. The van der Waals surface area contributed by atoms with E-state index in [9.17, 15) is 13.2 Å². The Morgan fingerprint density at radius 2 is 1.76 bits per heavy atom. The van der Waals surface area contributed by atoms with Crippen molar-refractivity contribution in [3.05, 3.63) is 58.6 Å². The van der Waals surface area contributed by atoms with Gasteiger partial charge in [-0.15, -0.1) is 0 Å². The summed E-state index contributed by atoms with van der Waals surface area (Å²) in [6.45, 7) is 2.81. The van der Waals surface area contributed by atoms with E-state index in [1.165, 1.54) is 22.5 Å². The molecule has 0 saturated carbocycles. The summed E-state index contributed by atoms with van der Waals surface area (Å²) in [6, 6.07) is 11.5. The molecule has 1 saturated heterocycles. The van der Waals surface area contributed by atoms with Gasteiger partial charge in [0, 0.05) is 18.7 Å². The highest BCUT2D eigenvalue weighted by Crippen LogP contribution is 2.28. The Labute approximate surface area is 176 Å². The van der Waals surface area contributed by atoms with E-state index >= 15 is 0 Å². The van der Waals surface area contributed by atoms with Crippen LogP contribution in [-0.2, 0) is 10.0 Å². The second kappa shape index (κ2) is 9.15. The van der Waals surface area contributed by atoms with E-state index in [2.05, 4.69) is 5.32 Å². The fourth-order valence-electron chi connectivity index (χ4n) is 3.34. The van der Waals surface area contributed by atoms with Crippen molar-refractivity contribution < 1.29 is 17.9 Å². The van der Waals surface area contributed by atoms with Gasteiger partial charge in [0.15, 0.2) is 0 Å². The average molecular weight is 437 g/mol. The highest BCUT2D eigenvalue weighted by Gasteiger charge is 2.29. The molecule has 29 heavy (non-hydrogen) atoms. The summed E-state index contributed by atoms with van der Waals surface area (Å²) in [4.78, 5) is 12.7. The number of ether oxygens (including phenoxy) is 1. The second-order valence-electron chi connectivity index (χ2n) is 7.08. The van der Waals surface area contributed by atoms with E-state index < -0.39 is 10.0 Å². The van der Waals surface area contributed by atoms with Gasteiger partial charge < -0.3 is 10.1 Å². The maximum atomic E-state index is 13.0. The first-order valence-corrected chi connectivity index (χ1v) is 11.4. The smallest absolute Gasteiger partial charge is 0.251 e. The van der Waals surface area contributed by atoms with Gasteiger partial charge >= 0.3 is 0 Å². The molecule has 1 aliphatic heterocycles. The highest BCUT2D eigenvalue weighted by atomic mass is 35.5. The van der Waals surface area contributed by atoms with Crippen LogP contribution in [0.3, 0.4) is 0 Å². The minimum absolute atomic E-state index is 0.0224. The molecule has 0 aliphatic carbocycles. The molecule has 0 aromatic heterocycles. The van der Waals surface area contributed by atoms with Gasteiger partial charge in [0.25, 0.3) is 5.91 Å². The van der Waals surface area contributed by atoms with Gasteiger partial charge in [0.05, 0.1) is 18.2 Å². The Hall–Kier alpha value is -2.09. The summed E-state index contributed by atoms with van der Waals surface area (Å²) in [5, 5.41) is 3.02. The molecule has 6 nitrogen and oxygen atoms in total. The van der Waals surface area contributed by atoms with Gasteiger partial charge in [-0.1, -0.05) is 30.2 Å². The molecule has 0 bridgehead atoms. The van der Waals surface area contributed by atoms with Crippen LogP contribution in [0.4, 0.5) is 0 Å². The minimum Gasteiger partial charge on any atom is -0.497 e. The van der Waals surface area contributed by atoms with Crippen LogP contribution in [-0.4, -0.2) is 38.8 Å². The zero-order valence-corrected chi connectivity index (χ0v) is 18.1. The van der Waals surface area contributed by atoms with E-state index in [0.717, 1.165) is 30.6 Å². The Bertz CT molecular complexity index is 971. The van der Waals surface area contributed by atoms with E-state index in [1.807, 2.05) is 31.2 Å². The molecule has 0 spiro atoms. The zero-order valence-electron chi connectivity index (χ0n) is 16.5. The molecule has 1 amide bonds. The first-order chi connectivity index (χ1) is 13.8. The van der Waals surface area contributed by atoms with Crippen LogP contribution in [0.2, 0.25) is 5.02 Å². The number of nitrogens with one attached hydrogen (secondary N) is 1. The molecule has 8 heteroatoms. The second-order valence-corrected chi connectivity index (χ2v) is 9.39. The quantitative estimate of drug-likeness (QED) is 0.742. The third kappa shape index (κ3) is 4.91. The fourth-order valence-corrected chi connectivity index (χ4v) is 5.36. The molecule has 1 fully saturated rings. The maximum Gasteiger partial charge on any atom is 0.251 e. The van der Waals surface area contributed by atoms with E-state index in [4.69, 9.17) is 16.3 Å². The predicted octanol–water partition coefficient (Wildman–Crippen LogP) is 4.01. The molecule has 3 rings (SSSR count). The van der Waals surface area contributed by atoms with Gasteiger partial charge in [-0.25, -0.2) is 8.42 Å². The third-order valence-corrected chi connectivity index (χ3v) is 7.47. The average Bonchev–Trinajstić information content (AvgIpc) is 2.74. The Kier molecular flexibility index (Phi) is 6.82. The number of piperidine rings is 1. The van der Waals surface area contributed by atoms with E-state index in [-0.39, 0.29) is 27.4 Å². The molecule has 1 aliphatic rings. The molecule has 2 aromatic rings. The lowest BCUT2D eigenvalue weighted by Gasteiger charge is -2.26. The van der Waals surface area contributed by atoms with Crippen molar-refractivity contribution in [2.45, 2.75) is 37.1 Å². The molecule has 2 aromatic carbocycles. The summed E-state index contributed by atoms with van der Waals surface area (Å²) in [7, 11) is -2.14. The fraction of sp³-hybridized carbons (Fsp3) is 0.381. The predicted molar refractivity (Wildman–Crippen MR) is 113 cm³/mol. The number of rotatable bonds is 6. The van der Waals surface area contributed by atoms with Crippen molar-refractivity contribution in [2.24, 2.45) is 0 Å². The van der Waals surface area contributed by atoms with Crippen molar-refractivity contribution in [3.63, 3.8) is 0 Å². The van der Waals surface area contributed by atoms with Crippen LogP contribution in [0, 0.1) is 0 Å². The molecule has 1 unspecified atom stereocenters. The molecule has 1 N–H and O–H groups in total. The molecular weight excluding hydrogens is 412 g/mol. The molecule has 1 atom stereocenters. The summed E-state index contributed by atoms with van der Waals surface area (Å²) < 4.78 is 32.6. The third-order valence-electron chi connectivity index (χ3n) is 5.09. The standard InChI is InChI=1S/C21H25ClN2O4S/c1-15(16-6-9-18(28-2)10-7-16)23-21(25)17-8-11-19(22)20(14-17)29(26,27)24-12-4-3-5-13-24/h6-11,14-15H,3-5,12-13H2,1-2H3,(H,23,25). The van der Waals surface area contributed by atoms with Crippen molar-refractivity contribution in [1.82, 2.24) is 9.62 Å². The summed E-state index contributed by atoms with van der Waals surface area (Å²) in [5.74, 6) is 0.373. The summed E-state index contributed by atoms with van der Waals surface area (Å²) in [6.07, 6.45) is 2.68. The highest BCUT2D eigenvalue weighted by molar-refractivity contribution is 7.89. The minimum atomic E-state index is -3.73. The summed E-state index contributed by atoms with van der Waals surface area (Å²) in [5.41, 5.74) is 1.17. The van der Waals surface area contributed by atoms with Gasteiger partial charge in [-0.05, 0) is 55.7 Å². The normalized spacial score (nSPS) is 16.2. The number of carbonyl (C=O) groups is 1. The van der Waals surface area contributed by atoms with Crippen LogP contribution in [0.25, 0.3) is 0 Å². The summed E-state index contributed by atoms with van der Waals surface area (Å²) >= 11 is 6.19. The molecule has 1 heterocycles. The number of hydrogen-bond donors (Lipinski definition) is 1. The lowest BCUT2D eigenvalue weighted by molar-refractivity contribution is 0.0939. The van der Waals surface area contributed by atoms with Crippen LogP contribution in [0.15, 0.2) is 47.4 Å². The number of benzene rings is 2. The molecule has 0 radical (unpaired) electrons. The Morgan fingerprint density at radius 3 is 2.38 bits per heavy atom. The number of nitrogens with zero attached hydrogens (tertiary/aromatic N) is 1. The number of sulfonamides is 1. The Morgan fingerprint density at radius 1 is 1.10 bits per heavy atom. The Balaban J connectivity index is 1.79. The SMILES string of the molecule is COc1ccc(C(C)NC(=O)c2ccc(Cl)c(S(=O)(=O)N3CCCCC3)c2)cc1. The lowest BCUT2D eigenvalue weighted by atomic mass is 10.1. The van der Waals surface area contributed by atoms with Crippen molar-refractivity contribution in [2.75, 3.05) is 20.2 Å². The largest absolute Gasteiger partial charge is 0.497 e. The van der Waals surface area contributed by atoms with Gasteiger partial charge in [-0.2, -0.15) is 4.31 Å². The number of carbonyl (C=O) groups excluding carboxylic acids is 1. The van der Waals surface area contributed by atoms with E-state index in [1.54, 1.807) is 7.11 Å². The first-order valence-electron chi connectivity index (χ1n) is 9.57. The zero-order chi connectivity index (χ0) is 21.0. The number of halogens is 1. The van der Waals surface area contributed by atoms with Crippen molar-refractivity contribution >= 4 is 27.5 Å². The van der Waals surface area contributed by atoms with Crippen molar-refractivity contribution in [1.29, 1.82) is 0 Å².